The summed E-state index contributed by atoms with van der Waals surface area (Å²) in [6.07, 6.45) is 4.50. The lowest BCUT2D eigenvalue weighted by atomic mass is 9.75. The lowest BCUT2D eigenvalue weighted by molar-refractivity contribution is 0.00425. The Morgan fingerprint density at radius 2 is 1.74 bits per heavy atom. The normalized spacial score (nSPS) is 19.2. The Morgan fingerprint density at radius 1 is 1.05 bits per heavy atom. The van der Waals surface area contributed by atoms with Crippen molar-refractivity contribution in [2.75, 3.05) is 29.8 Å². The topological polar surface area (TPSA) is 76.2 Å². The van der Waals surface area contributed by atoms with Gasteiger partial charge in [0.15, 0.2) is 0 Å². The second kappa shape index (κ2) is 11.2. The summed E-state index contributed by atoms with van der Waals surface area (Å²) < 4.78 is 37.9. The number of ether oxygens (including phenoxy) is 2. The van der Waals surface area contributed by atoms with Crippen LogP contribution in [-0.4, -0.2) is 56.5 Å². The molecule has 0 bridgehead atoms. The minimum absolute atomic E-state index is 0.163. The Bertz CT molecular complexity index is 1210. The first-order valence-corrected chi connectivity index (χ1v) is 15.3. The summed E-state index contributed by atoms with van der Waals surface area (Å²) in [4.78, 5) is 14.9. The Labute approximate surface area is 228 Å². The van der Waals surface area contributed by atoms with Crippen LogP contribution in [0.1, 0.15) is 66.7 Å². The number of amides is 1. The number of benzene rings is 2. The highest BCUT2D eigenvalue weighted by Crippen LogP contribution is 2.37. The van der Waals surface area contributed by atoms with Gasteiger partial charge in [-0.25, -0.2) is 13.2 Å². The number of hydrogen-bond donors (Lipinski definition) is 0. The zero-order chi connectivity index (χ0) is 27.6. The van der Waals surface area contributed by atoms with Crippen LogP contribution in [0, 0.1) is 5.41 Å². The number of carbonyl (C=O) groups excluding carboxylic acids is 1. The summed E-state index contributed by atoms with van der Waals surface area (Å²) >= 11 is 0. The van der Waals surface area contributed by atoms with Gasteiger partial charge in [0.1, 0.15) is 18.0 Å². The molecule has 2 aromatic carbocycles. The Balaban J connectivity index is 1.38. The molecule has 7 nitrogen and oxygen atoms in total. The van der Waals surface area contributed by atoms with Gasteiger partial charge >= 0.3 is 6.09 Å². The van der Waals surface area contributed by atoms with Crippen molar-refractivity contribution >= 4 is 21.8 Å². The highest BCUT2D eigenvalue weighted by atomic mass is 32.2. The minimum Gasteiger partial charge on any atom is -0.492 e. The molecule has 2 aliphatic rings. The van der Waals surface area contributed by atoms with Gasteiger partial charge in [-0.1, -0.05) is 38.1 Å². The fourth-order valence-electron chi connectivity index (χ4n) is 5.21. The van der Waals surface area contributed by atoms with E-state index in [0.717, 1.165) is 42.6 Å². The molecule has 208 valence electrons. The fraction of sp³-hybridized carbons (Fsp3) is 0.567. The fourth-order valence-corrected chi connectivity index (χ4v) is 6.77. The van der Waals surface area contributed by atoms with Crippen molar-refractivity contribution in [2.45, 2.75) is 78.4 Å². The van der Waals surface area contributed by atoms with E-state index in [1.165, 1.54) is 4.31 Å². The number of anilines is 1. The lowest BCUT2D eigenvalue weighted by Crippen LogP contribution is -2.47. The van der Waals surface area contributed by atoms with Gasteiger partial charge in [0.2, 0.25) is 10.0 Å². The van der Waals surface area contributed by atoms with Crippen molar-refractivity contribution < 1.29 is 22.7 Å². The second-order valence-corrected chi connectivity index (χ2v) is 14.2. The average molecular weight is 543 g/mol. The maximum absolute atomic E-state index is 13.0. The van der Waals surface area contributed by atoms with Crippen LogP contribution < -0.4 is 9.04 Å². The molecule has 0 aromatic heterocycles. The molecular weight excluding hydrogens is 500 g/mol. The van der Waals surface area contributed by atoms with Crippen molar-refractivity contribution in [1.29, 1.82) is 0 Å². The number of nitrogens with zero attached hydrogens (tertiary/aromatic N) is 2. The maximum atomic E-state index is 13.0. The highest BCUT2D eigenvalue weighted by molar-refractivity contribution is 7.93. The first kappa shape index (κ1) is 28.3. The molecule has 1 amide bonds. The molecule has 0 spiro atoms. The van der Waals surface area contributed by atoms with Crippen molar-refractivity contribution in [3.05, 3.63) is 48.5 Å². The summed E-state index contributed by atoms with van der Waals surface area (Å²) in [6.45, 7) is 11.6. The van der Waals surface area contributed by atoms with Gasteiger partial charge in [0.05, 0.1) is 18.0 Å². The van der Waals surface area contributed by atoms with Gasteiger partial charge in [-0.15, -0.1) is 0 Å². The van der Waals surface area contributed by atoms with E-state index in [1.807, 2.05) is 74.2 Å². The van der Waals surface area contributed by atoms with Crippen LogP contribution in [0.2, 0.25) is 0 Å². The number of rotatable bonds is 7. The van der Waals surface area contributed by atoms with E-state index in [4.69, 9.17) is 9.47 Å². The van der Waals surface area contributed by atoms with Crippen LogP contribution >= 0.6 is 0 Å². The van der Waals surface area contributed by atoms with Gasteiger partial charge in [-0.3, -0.25) is 4.31 Å². The molecule has 1 aliphatic heterocycles. The Kier molecular flexibility index (Phi) is 8.31. The van der Waals surface area contributed by atoms with Crippen LogP contribution in [0.4, 0.5) is 10.5 Å². The molecule has 1 saturated heterocycles. The zero-order valence-electron chi connectivity index (χ0n) is 23.4. The van der Waals surface area contributed by atoms with Crippen molar-refractivity contribution in [3.8, 4) is 16.9 Å². The number of sulfonamides is 1. The molecule has 8 heteroatoms. The maximum Gasteiger partial charge on any atom is 0.410 e. The summed E-state index contributed by atoms with van der Waals surface area (Å²) in [5.41, 5.74) is 2.41. The summed E-state index contributed by atoms with van der Waals surface area (Å²) in [7, 11) is -3.22. The molecule has 2 aromatic rings. The third-order valence-corrected chi connectivity index (χ3v) is 9.27. The first-order valence-electron chi connectivity index (χ1n) is 13.7. The van der Waals surface area contributed by atoms with Gasteiger partial charge in [0.25, 0.3) is 0 Å². The standard InChI is InChI=1S/C30H42N2O5S/c1-29(2,3)37-28(33)31(25-14-16-30(4,5)17-15-25)19-20-36-27-12-10-23(11-13-27)24-8-6-9-26(22-24)32-18-7-21-38(32,34)35/h6,8-13,22,25H,7,14-21H2,1-5H3. The van der Waals surface area contributed by atoms with Gasteiger partial charge in [0, 0.05) is 12.6 Å². The first-order chi connectivity index (χ1) is 17.8. The molecule has 0 N–H and O–H groups in total. The quantitative estimate of drug-likeness (QED) is 0.400. The second-order valence-electron chi connectivity index (χ2n) is 12.2. The van der Waals surface area contributed by atoms with Crippen LogP contribution in [-0.2, 0) is 14.8 Å². The van der Waals surface area contributed by atoms with Crippen molar-refractivity contribution in [1.82, 2.24) is 4.90 Å². The Hall–Kier alpha value is -2.74. The SMILES string of the molecule is CC1(C)CCC(N(CCOc2ccc(-c3cccc(N4CCCS4(=O)=O)c3)cc2)C(=O)OC(C)(C)C)CC1. The molecular formula is C30H42N2O5S. The van der Waals surface area contributed by atoms with Crippen LogP contribution in [0.5, 0.6) is 5.75 Å². The van der Waals surface area contributed by atoms with Crippen LogP contribution in [0.3, 0.4) is 0 Å². The lowest BCUT2D eigenvalue weighted by Gasteiger charge is -2.40. The van der Waals surface area contributed by atoms with E-state index in [0.29, 0.717) is 37.2 Å². The van der Waals surface area contributed by atoms with Crippen LogP contribution in [0.25, 0.3) is 11.1 Å². The summed E-state index contributed by atoms with van der Waals surface area (Å²) in [5, 5.41) is 0. The summed E-state index contributed by atoms with van der Waals surface area (Å²) in [6, 6.07) is 15.6. The van der Waals surface area contributed by atoms with Crippen LogP contribution in [0.15, 0.2) is 48.5 Å². The predicted molar refractivity (Wildman–Crippen MR) is 152 cm³/mol. The van der Waals surface area contributed by atoms with Gasteiger partial charge in [-0.05, 0) is 93.7 Å². The molecule has 1 saturated carbocycles. The third kappa shape index (κ3) is 7.22. The molecule has 4 rings (SSSR count). The molecule has 0 atom stereocenters. The monoisotopic (exact) mass is 542 g/mol. The van der Waals surface area contributed by atoms with Gasteiger partial charge in [-0.2, -0.15) is 0 Å². The third-order valence-electron chi connectivity index (χ3n) is 7.40. The molecule has 1 heterocycles. The number of carbonyl (C=O) groups is 1. The van der Waals surface area contributed by atoms with Crippen molar-refractivity contribution in [3.63, 3.8) is 0 Å². The smallest absolute Gasteiger partial charge is 0.410 e. The predicted octanol–water partition coefficient (Wildman–Crippen LogP) is 6.48. The zero-order valence-corrected chi connectivity index (χ0v) is 24.2. The van der Waals surface area contributed by atoms with Crippen molar-refractivity contribution in [2.24, 2.45) is 5.41 Å². The molecule has 2 fully saturated rings. The number of hydrogen-bond acceptors (Lipinski definition) is 5. The van der Waals surface area contributed by atoms with E-state index in [9.17, 15) is 13.2 Å². The van der Waals surface area contributed by atoms with E-state index < -0.39 is 15.6 Å². The summed E-state index contributed by atoms with van der Waals surface area (Å²) in [5.74, 6) is 0.925. The van der Waals surface area contributed by atoms with E-state index >= 15 is 0 Å². The Morgan fingerprint density at radius 3 is 2.34 bits per heavy atom. The largest absolute Gasteiger partial charge is 0.492 e. The minimum atomic E-state index is -3.22. The van der Waals surface area contributed by atoms with Gasteiger partial charge < -0.3 is 14.4 Å². The molecule has 0 unspecified atom stereocenters. The highest BCUT2D eigenvalue weighted by Gasteiger charge is 2.34. The molecule has 1 aliphatic carbocycles. The van der Waals surface area contributed by atoms with E-state index in [1.54, 1.807) is 0 Å². The molecule has 38 heavy (non-hydrogen) atoms. The molecule has 0 radical (unpaired) electrons. The average Bonchev–Trinajstić information content (AvgIpc) is 3.20. The van der Waals surface area contributed by atoms with E-state index in [-0.39, 0.29) is 17.9 Å². The van der Waals surface area contributed by atoms with E-state index in [2.05, 4.69) is 13.8 Å².